The Morgan fingerprint density at radius 3 is 2.88 bits per heavy atom. The molecule has 1 fully saturated rings. The van der Waals surface area contributed by atoms with E-state index in [2.05, 4.69) is 4.90 Å². The Bertz CT molecular complexity index is 417. The molecular weight excluding hydrogens is 204 g/mol. The van der Waals surface area contributed by atoms with Crippen molar-refractivity contribution in [2.24, 2.45) is 0 Å². The van der Waals surface area contributed by atoms with Gasteiger partial charge in [0.15, 0.2) is 5.78 Å². The lowest BCUT2D eigenvalue weighted by atomic mass is 10.1. The summed E-state index contributed by atoms with van der Waals surface area (Å²) in [6.45, 7) is 2.96. The molecule has 4 nitrogen and oxygen atoms in total. The average molecular weight is 220 g/mol. The van der Waals surface area contributed by atoms with Gasteiger partial charge in [-0.2, -0.15) is 0 Å². The molecule has 0 radical (unpaired) electrons. The standard InChI is InChI=1S/C12H16N2O2/c1-8(15)11-6-9(2-3-12(11)13)14-5-4-10(16)7-14/h2-3,6,10,16H,4-5,7,13H2,1H3. The van der Waals surface area contributed by atoms with Crippen LogP contribution in [0.15, 0.2) is 18.2 Å². The largest absolute Gasteiger partial charge is 0.398 e. The van der Waals surface area contributed by atoms with E-state index in [0.717, 1.165) is 18.7 Å². The number of β-amino-alcohol motifs (C(OH)–C–C–N with tert-alkyl or cyclic N) is 1. The number of rotatable bonds is 2. The molecule has 1 heterocycles. The number of ketones is 1. The van der Waals surface area contributed by atoms with Gasteiger partial charge in [-0.25, -0.2) is 0 Å². The summed E-state index contributed by atoms with van der Waals surface area (Å²) in [6, 6.07) is 5.44. The SMILES string of the molecule is CC(=O)c1cc(N2CCC(O)C2)ccc1N. The van der Waals surface area contributed by atoms with E-state index in [-0.39, 0.29) is 11.9 Å². The molecule has 0 saturated carbocycles. The highest BCUT2D eigenvalue weighted by Gasteiger charge is 2.21. The third kappa shape index (κ3) is 2.02. The van der Waals surface area contributed by atoms with Crippen LogP contribution >= 0.6 is 0 Å². The number of carbonyl (C=O) groups is 1. The van der Waals surface area contributed by atoms with Crippen LogP contribution in [0.1, 0.15) is 23.7 Å². The number of Topliss-reactive ketones (excluding diaryl/α,β-unsaturated/α-hetero) is 1. The number of nitrogens with two attached hydrogens (primary N) is 1. The van der Waals surface area contributed by atoms with Crippen LogP contribution in [0, 0.1) is 0 Å². The number of aliphatic hydroxyl groups is 1. The van der Waals surface area contributed by atoms with Crippen LogP contribution in [0.25, 0.3) is 0 Å². The van der Waals surface area contributed by atoms with Crippen LogP contribution in [0.5, 0.6) is 0 Å². The molecule has 1 aromatic carbocycles. The van der Waals surface area contributed by atoms with E-state index < -0.39 is 0 Å². The van der Waals surface area contributed by atoms with Gasteiger partial charge in [0.05, 0.1) is 6.10 Å². The molecule has 0 spiro atoms. The number of nitrogen functional groups attached to an aromatic ring is 1. The third-order valence-corrected chi connectivity index (χ3v) is 2.94. The first-order valence-corrected chi connectivity index (χ1v) is 5.41. The second kappa shape index (κ2) is 4.14. The molecule has 86 valence electrons. The summed E-state index contributed by atoms with van der Waals surface area (Å²) in [5.41, 5.74) is 7.75. The lowest BCUT2D eigenvalue weighted by Crippen LogP contribution is -2.21. The summed E-state index contributed by atoms with van der Waals surface area (Å²) in [6.07, 6.45) is 0.512. The van der Waals surface area contributed by atoms with Crippen LogP contribution in [0.4, 0.5) is 11.4 Å². The first-order chi connectivity index (χ1) is 7.58. The topological polar surface area (TPSA) is 66.6 Å². The predicted octanol–water partition coefficient (Wildman–Crippen LogP) is 1.04. The van der Waals surface area contributed by atoms with Crippen molar-refractivity contribution in [1.82, 2.24) is 0 Å². The first-order valence-electron chi connectivity index (χ1n) is 5.41. The summed E-state index contributed by atoms with van der Waals surface area (Å²) in [4.78, 5) is 13.4. The Kier molecular flexibility index (Phi) is 2.83. The monoisotopic (exact) mass is 220 g/mol. The molecule has 4 heteroatoms. The second-order valence-electron chi connectivity index (χ2n) is 4.22. The number of hydrogen-bond acceptors (Lipinski definition) is 4. The minimum Gasteiger partial charge on any atom is -0.398 e. The van der Waals surface area contributed by atoms with Crippen molar-refractivity contribution in [2.75, 3.05) is 23.7 Å². The van der Waals surface area contributed by atoms with Crippen molar-refractivity contribution >= 4 is 17.2 Å². The van der Waals surface area contributed by atoms with E-state index in [4.69, 9.17) is 5.73 Å². The van der Waals surface area contributed by atoms with E-state index in [1.165, 1.54) is 6.92 Å². The molecule has 0 aliphatic carbocycles. The van der Waals surface area contributed by atoms with Crippen molar-refractivity contribution in [3.63, 3.8) is 0 Å². The van der Waals surface area contributed by atoms with Crippen LogP contribution in [0.3, 0.4) is 0 Å². The van der Waals surface area contributed by atoms with Gasteiger partial charge in [0.2, 0.25) is 0 Å². The lowest BCUT2D eigenvalue weighted by molar-refractivity contribution is 0.101. The van der Waals surface area contributed by atoms with Gasteiger partial charge in [-0.1, -0.05) is 0 Å². The molecule has 1 unspecified atom stereocenters. The normalized spacial score (nSPS) is 20.1. The van der Waals surface area contributed by atoms with Gasteiger partial charge in [-0.05, 0) is 31.5 Å². The highest BCUT2D eigenvalue weighted by atomic mass is 16.3. The molecule has 1 atom stereocenters. The summed E-state index contributed by atoms with van der Waals surface area (Å²) >= 11 is 0. The summed E-state index contributed by atoms with van der Waals surface area (Å²) in [5.74, 6) is -0.0286. The molecule has 0 bridgehead atoms. The summed E-state index contributed by atoms with van der Waals surface area (Å²) in [7, 11) is 0. The number of carbonyl (C=O) groups excluding carboxylic acids is 1. The van der Waals surface area contributed by atoms with Gasteiger partial charge in [0, 0.05) is 30.0 Å². The third-order valence-electron chi connectivity index (χ3n) is 2.94. The molecule has 2 rings (SSSR count). The highest BCUT2D eigenvalue weighted by molar-refractivity contribution is 6.00. The van der Waals surface area contributed by atoms with Crippen molar-refractivity contribution in [1.29, 1.82) is 0 Å². The van der Waals surface area contributed by atoms with Gasteiger partial charge >= 0.3 is 0 Å². The quantitative estimate of drug-likeness (QED) is 0.577. The molecule has 1 saturated heterocycles. The summed E-state index contributed by atoms with van der Waals surface area (Å²) in [5, 5.41) is 9.46. The zero-order valence-corrected chi connectivity index (χ0v) is 9.31. The molecule has 1 aliphatic rings. The zero-order chi connectivity index (χ0) is 11.7. The smallest absolute Gasteiger partial charge is 0.161 e. The van der Waals surface area contributed by atoms with Crippen molar-refractivity contribution in [2.45, 2.75) is 19.4 Å². The first kappa shape index (κ1) is 11.0. The Hall–Kier alpha value is -1.55. The number of benzene rings is 1. The predicted molar refractivity (Wildman–Crippen MR) is 63.7 cm³/mol. The maximum Gasteiger partial charge on any atom is 0.161 e. The highest BCUT2D eigenvalue weighted by Crippen LogP contribution is 2.24. The Labute approximate surface area is 94.7 Å². The molecule has 3 N–H and O–H groups in total. The number of anilines is 2. The molecule has 1 aliphatic heterocycles. The van der Waals surface area contributed by atoms with Gasteiger partial charge in [0.1, 0.15) is 0 Å². The minimum absolute atomic E-state index is 0.0286. The Morgan fingerprint density at radius 2 is 2.31 bits per heavy atom. The number of nitrogens with zero attached hydrogens (tertiary/aromatic N) is 1. The van der Waals surface area contributed by atoms with Crippen LogP contribution < -0.4 is 10.6 Å². The molecule has 0 aromatic heterocycles. The molecule has 0 amide bonds. The van der Waals surface area contributed by atoms with Crippen molar-refractivity contribution < 1.29 is 9.90 Å². The second-order valence-corrected chi connectivity index (χ2v) is 4.22. The fourth-order valence-electron chi connectivity index (χ4n) is 2.02. The van der Waals surface area contributed by atoms with Crippen LogP contribution in [-0.2, 0) is 0 Å². The van der Waals surface area contributed by atoms with Gasteiger partial charge in [-0.15, -0.1) is 0 Å². The maximum absolute atomic E-state index is 11.3. The van der Waals surface area contributed by atoms with E-state index in [9.17, 15) is 9.90 Å². The Balaban J connectivity index is 2.29. The van der Waals surface area contributed by atoms with Crippen molar-refractivity contribution in [3.05, 3.63) is 23.8 Å². The van der Waals surface area contributed by atoms with E-state index in [1.54, 1.807) is 12.1 Å². The van der Waals surface area contributed by atoms with E-state index in [1.807, 2.05) is 6.07 Å². The van der Waals surface area contributed by atoms with Crippen LogP contribution in [-0.4, -0.2) is 30.1 Å². The Morgan fingerprint density at radius 1 is 1.56 bits per heavy atom. The average Bonchev–Trinajstić information content (AvgIpc) is 2.65. The van der Waals surface area contributed by atoms with E-state index >= 15 is 0 Å². The zero-order valence-electron chi connectivity index (χ0n) is 9.31. The fraction of sp³-hybridized carbons (Fsp3) is 0.417. The van der Waals surface area contributed by atoms with E-state index in [0.29, 0.717) is 17.8 Å². The van der Waals surface area contributed by atoms with Gasteiger partial charge in [-0.3, -0.25) is 4.79 Å². The lowest BCUT2D eigenvalue weighted by Gasteiger charge is -2.18. The molecule has 1 aromatic rings. The minimum atomic E-state index is -0.265. The van der Waals surface area contributed by atoms with Gasteiger partial charge in [0.25, 0.3) is 0 Å². The fourth-order valence-corrected chi connectivity index (χ4v) is 2.02. The van der Waals surface area contributed by atoms with Crippen molar-refractivity contribution in [3.8, 4) is 0 Å². The molecule has 16 heavy (non-hydrogen) atoms. The maximum atomic E-state index is 11.3. The number of hydrogen-bond donors (Lipinski definition) is 2. The van der Waals surface area contributed by atoms with Gasteiger partial charge < -0.3 is 15.7 Å². The summed E-state index contributed by atoms with van der Waals surface area (Å²) < 4.78 is 0. The molecular formula is C12H16N2O2. The number of aliphatic hydroxyl groups excluding tert-OH is 1. The van der Waals surface area contributed by atoms with Crippen LogP contribution in [0.2, 0.25) is 0 Å².